The molecule has 2 aromatic heterocycles. The van der Waals surface area contributed by atoms with Crippen molar-refractivity contribution in [2.24, 2.45) is 0 Å². The summed E-state index contributed by atoms with van der Waals surface area (Å²) in [5, 5.41) is 15.0. The van der Waals surface area contributed by atoms with Gasteiger partial charge in [0.1, 0.15) is 17.4 Å². The second-order valence-electron chi connectivity index (χ2n) is 6.28. The molecule has 0 fully saturated rings. The Kier molecular flexibility index (Phi) is 6.37. The topological polar surface area (TPSA) is 97.1 Å². The summed E-state index contributed by atoms with van der Waals surface area (Å²) in [6.07, 6.45) is -2.97. The molecule has 1 amide bonds. The Labute approximate surface area is 176 Å². The van der Waals surface area contributed by atoms with E-state index in [0.29, 0.717) is 15.3 Å². The van der Waals surface area contributed by atoms with Gasteiger partial charge in [-0.15, -0.1) is 0 Å². The summed E-state index contributed by atoms with van der Waals surface area (Å²) in [4.78, 5) is 28.9. The number of rotatable bonds is 5. The smallest absolute Gasteiger partial charge is 0.394 e. The van der Waals surface area contributed by atoms with Crippen LogP contribution in [0.2, 0.25) is 5.02 Å². The number of alkyl halides is 3. The van der Waals surface area contributed by atoms with Gasteiger partial charge in [0.2, 0.25) is 0 Å². The largest absolute Gasteiger partial charge is 0.410 e. The number of aliphatic hydroxyl groups is 1. The number of aromatic nitrogens is 3. The summed E-state index contributed by atoms with van der Waals surface area (Å²) in [7, 11) is 0. The maximum Gasteiger partial charge on any atom is 0.410 e. The van der Waals surface area contributed by atoms with Crippen LogP contribution in [0.3, 0.4) is 0 Å². The van der Waals surface area contributed by atoms with E-state index >= 15 is 0 Å². The molecule has 0 radical (unpaired) electrons. The molecule has 1 aromatic carbocycles. The molecule has 0 unspecified atom stereocenters. The van der Waals surface area contributed by atoms with E-state index in [4.69, 9.17) is 16.7 Å². The predicted octanol–water partition coefficient (Wildman–Crippen LogP) is 2.74. The van der Waals surface area contributed by atoms with Crippen LogP contribution < -0.4 is 10.9 Å². The number of amides is 1. The van der Waals surface area contributed by atoms with Gasteiger partial charge in [0, 0.05) is 16.7 Å². The number of carbonyl (C=O) groups excluding carboxylic acids is 1. The lowest BCUT2D eigenvalue weighted by Gasteiger charge is -2.19. The molecule has 0 spiro atoms. The zero-order valence-electron chi connectivity index (χ0n) is 15.4. The van der Waals surface area contributed by atoms with Crippen molar-refractivity contribution in [3.63, 3.8) is 0 Å². The first-order valence-corrected chi connectivity index (χ1v) is 8.97. The molecular weight excluding hydrogens is 444 g/mol. The maximum absolute atomic E-state index is 13.6. The van der Waals surface area contributed by atoms with Gasteiger partial charge >= 0.3 is 6.18 Å². The SMILES string of the molecule is O=C(N[C@H](CO)C(F)(F)F)c1cc(-c2ccc(Cl)cc2)nn(-c2cncc(F)c2)c1=O. The van der Waals surface area contributed by atoms with E-state index in [-0.39, 0.29) is 11.4 Å². The standard InChI is InChI=1S/C19H13ClF4N4O3/c20-11-3-1-10(2-4-11)15-6-14(17(30)26-16(9-29)19(22,23)24)18(31)28(27-15)13-5-12(21)7-25-8-13/h1-8,16,29H,9H2,(H,26,30)/t16-/m1/s1. The van der Waals surface area contributed by atoms with Crippen LogP contribution in [-0.4, -0.2) is 44.6 Å². The highest BCUT2D eigenvalue weighted by Crippen LogP contribution is 2.22. The van der Waals surface area contributed by atoms with Crippen LogP contribution in [0.4, 0.5) is 17.6 Å². The van der Waals surface area contributed by atoms with Gasteiger partial charge in [-0.05, 0) is 18.2 Å². The molecule has 0 aliphatic rings. The van der Waals surface area contributed by atoms with Gasteiger partial charge in [-0.2, -0.15) is 23.0 Å². The molecule has 1 atom stereocenters. The van der Waals surface area contributed by atoms with Gasteiger partial charge in [-0.1, -0.05) is 23.7 Å². The number of benzene rings is 1. The van der Waals surface area contributed by atoms with Gasteiger partial charge in [0.05, 0.1) is 30.4 Å². The summed E-state index contributed by atoms with van der Waals surface area (Å²) >= 11 is 5.85. The minimum absolute atomic E-state index is 0.0261. The van der Waals surface area contributed by atoms with Gasteiger partial charge < -0.3 is 10.4 Å². The van der Waals surface area contributed by atoms with E-state index in [1.165, 1.54) is 24.3 Å². The fourth-order valence-electron chi connectivity index (χ4n) is 2.58. The molecule has 0 saturated heterocycles. The Hall–Kier alpha value is -3.31. The predicted molar refractivity (Wildman–Crippen MR) is 102 cm³/mol. The highest BCUT2D eigenvalue weighted by atomic mass is 35.5. The summed E-state index contributed by atoms with van der Waals surface area (Å²) in [5.74, 6) is -2.19. The molecule has 12 heteroatoms. The molecule has 3 aromatic rings. The molecule has 0 bridgehead atoms. The Morgan fingerprint density at radius 1 is 1.19 bits per heavy atom. The summed E-state index contributed by atoms with van der Waals surface area (Å²) in [5.41, 5.74) is -1.55. The number of nitrogens with one attached hydrogen (secondary N) is 1. The van der Waals surface area contributed by atoms with Crippen molar-refractivity contribution in [1.82, 2.24) is 20.1 Å². The van der Waals surface area contributed by atoms with Gasteiger partial charge in [0.15, 0.2) is 0 Å². The summed E-state index contributed by atoms with van der Waals surface area (Å²) in [6, 6.07) is 5.35. The van der Waals surface area contributed by atoms with Crippen molar-refractivity contribution >= 4 is 17.5 Å². The molecule has 162 valence electrons. The zero-order chi connectivity index (χ0) is 22.8. The summed E-state index contributed by atoms with van der Waals surface area (Å²) in [6.45, 7) is -1.42. The Morgan fingerprint density at radius 2 is 1.87 bits per heavy atom. The van der Waals surface area contributed by atoms with Crippen molar-refractivity contribution in [2.75, 3.05) is 6.61 Å². The molecule has 0 aliphatic carbocycles. The Balaban J connectivity index is 2.16. The van der Waals surface area contributed by atoms with Crippen molar-refractivity contribution in [1.29, 1.82) is 0 Å². The first-order valence-electron chi connectivity index (χ1n) is 8.60. The first kappa shape index (κ1) is 22.4. The van der Waals surface area contributed by atoms with Crippen LogP contribution in [0.5, 0.6) is 0 Å². The lowest BCUT2D eigenvalue weighted by Crippen LogP contribution is -2.49. The van der Waals surface area contributed by atoms with Crippen LogP contribution in [-0.2, 0) is 0 Å². The van der Waals surface area contributed by atoms with E-state index in [1.807, 2.05) is 0 Å². The molecule has 7 nitrogen and oxygen atoms in total. The highest BCUT2D eigenvalue weighted by Gasteiger charge is 2.40. The molecular formula is C19H13ClF4N4O3. The van der Waals surface area contributed by atoms with E-state index in [2.05, 4.69) is 10.1 Å². The third-order valence-corrected chi connectivity index (χ3v) is 4.37. The van der Waals surface area contributed by atoms with Gasteiger partial charge in [0.25, 0.3) is 11.5 Å². The van der Waals surface area contributed by atoms with Crippen LogP contribution in [0, 0.1) is 5.82 Å². The fourth-order valence-corrected chi connectivity index (χ4v) is 2.70. The minimum atomic E-state index is -4.94. The van der Waals surface area contributed by atoms with Crippen LogP contribution >= 0.6 is 11.6 Å². The van der Waals surface area contributed by atoms with Gasteiger partial charge in [-0.3, -0.25) is 14.6 Å². The lowest BCUT2D eigenvalue weighted by atomic mass is 10.1. The molecule has 2 N–H and O–H groups in total. The van der Waals surface area contributed by atoms with Crippen LogP contribution in [0.15, 0.2) is 53.6 Å². The molecule has 0 saturated carbocycles. The number of nitrogens with zero attached hydrogens (tertiary/aromatic N) is 3. The number of hydrogen-bond acceptors (Lipinski definition) is 5. The second kappa shape index (κ2) is 8.82. The average molecular weight is 457 g/mol. The number of halogens is 5. The number of carbonyl (C=O) groups is 1. The molecule has 31 heavy (non-hydrogen) atoms. The molecule has 3 rings (SSSR count). The maximum atomic E-state index is 13.6. The number of hydrogen-bond donors (Lipinski definition) is 2. The first-order chi connectivity index (χ1) is 14.6. The second-order valence-corrected chi connectivity index (χ2v) is 6.72. The minimum Gasteiger partial charge on any atom is -0.394 e. The van der Waals surface area contributed by atoms with Crippen LogP contribution in [0.25, 0.3) is 16.9 Å². The highest BCUT2D eigenvalue weighted by molar-refractivity contribution is 6.30. The van der Waals surface area contributed by atoms with E-state index in [1.54, 1.807) is 5.32 Å². The fraction of sp³-hybridized carbons (Fsp3) is 0.158. The van der Waals surface area contributed by atoms with Crippen molar-refractivity contribution in [3.8, 4) is 16.9 Å². The summed E-state index contributed by atoms with van der Waals surface area (Å²) < 4.78 is 53.1. The monoisotopic (exact) mass is 456 g/mol. The third-order valence-electron chi connectivity index (χ3n) is 4.11. The van der Waals surface area contributed by atoms with Crippen molar-refractivity contribution in [2.45, 2.75) is 12.2 Å². The van der Waals surface area contributed by atoms with Crippen molar-refractivity contribution < 1.29 is 27.5 Å². The van der Waals surface area contributed by atoms with Crippen LogP contribution in [0.1, 0.15) is 10.4 Å². The van der Waals surface area contributed by atoms with E-state index < -0.39 is 41.7 Å². The lowest BCUT2D eigenvalue weighted by molar-refractivity contribution is -0.161. The van der Waals surface area contributed by atoms with E-state index in [9.17, 15) is 27.2 Å². The quantitative estimate of drug-likeness (QED) is 0.575. The molecule has 2 heterocycles. The number of aliphatic hydroxyl groups excluding tert-OH is 1. The van der Waals surface area contributed by atoms with E-state index in [0.717, 1.165) is 24.5 Å². The zero-order valence-corrected chi connectivity index (χ0v) is 16.2. The number of pyridine rings is 1. The molecule has 0 aliphatic heterocycles. The van der Waals surface area contributed by atoms with Crippen molar-refractivity contribution in [3.05, 3.63) is 75.5 Å². The third kappa shape index (κ3) is 5.06. The Morgan fingerprint density at radius 3 is 2.45 bits per heavy atom. The normalized spacial score (nSPS) is 12.5. The Bertz CT molecular complexity index is 1170. The van der Waals surface area contributed by atoms with Gasteiger partial charge in [-0.25, -0.2) is 4.39 Å². The average Bonchev–Trinajstić information content (AvgIpc) is 2.71.